The van der Waals surface area contributed by atoms with Crippen molar-refractivity contribution in [3.8, 4) is 0 Å². The molecular formula is C6H7Na5O7. The summed E-state index contributed by atoms with van der Waals surface area (Å²) >= 11 is 0. The van der Waals surface area contributed by atoms with E-state index in [0.717, 1.165) is 0 Å². The van der Waals surface area contributed by atoms with E-state index in [-0.39, 0.29) is 151 Å². The molecule has 18 heavy (non-hydrogen) atoms. The van der Waals surface area contributed by atoms with Crippen LogP contribution in [0.25, 0.3) is 0 Å². The molecule has 78 valence electrons. The molecule has 0 aromatic heterocycles. The Balaban J connectivity index is -0.0000000343. The molecule has 0 aromatic carbocycles. The fraction of sp³-hybridized carbons (Fsp3) is 0.500. The van der Waals surface area contributed by atoms with Gasteiger partial charge in [-0.25, -0.2) is 0 Å². The molecule has 0 heterocycles. The number of carbonyl (C=O) groups is 3. The first kappa shape index (κ1) is 37.5. The molecule has 12 heteroatoms. The van der Waals surface area contributed by atoms with E-state index < -0.39 is 36.4 Å². The summed E-state index contributed by atoms with van der Waals surface area (Å²) in [5, 5.41) is 38.9. The van der Waals surface area contributed by atoms with Crippen molar-refractivity contribution in [3.05, 3.63) is 0 Å². The number of aliphatic carboxylic acids is 3. The average molecular weight is 306 g/mol. The maximum atomic E-state index is 10.1. The molecule has 0 bridgehead atoms. The Morgan fingerprint density at radius 1 is 0.833 bits per heavy atom. The third kappa shape index (κ3) is 17.4. The molecular weight excluding hydrogens is 299 g/mol. The third-order valence-corrected chi connectivity index (χ3v) is 1.25. The van der Waals surface area contributed by atoms with Crippen LogP contribution in [0.4, 0.5) is 0 Å². The summed E-state index contributed by atoms with van der Waals surface area (Å²) in [5.74, 6) is -5.98. The van der Waals surface area contributed by atoms with E-state index in [1.54, 1.807) is 0 Å². The fourth-order valence-corrected chi connectivity index (χ4v) is 0.684. The number of carboxylic acids is 3. The van der Waals surface area contributed by atoms with Gasteiger partial charge in [0.15, 0.2) is 0 Å². The van der Waals surface area contributed by atoms with Crippen LogP contribution in [0.2, 0.25) is 0 Å². The molecule has 0 spiro atoms. The standard InChI is InChI=1S/C6H8O7.5Na.2H/c7-3(8)1-6(13,5(11)12)2-4(9)10;;;;;;;/h13H,1-2H2,(H,7,8)(H,9,10)(H,11,12);;;;;;;/q;5*+1;2*-1/p-3. The van der Waals surface area contributed by atoms with Gasteiger partial charge in [0.25, 0.3) is 0 Å². The number of hydrogen-bond acceptors (Lipinski definition) is 7. The van der Waals surface area contributed by atoms with Crippen molar-refractivity contribution in [1.29, 1.82) is 0 Å². The van der Waals surface area contributed by atoms with Gasteiger partial charge in [-0.3, -0.25) is 0 Å². The van der Waals surface area contributed by atoms with Crippen LogP contribution in [-0.4, -0.2) is 28.6 Å². The Bertz CT molecular complexity index is 252. The van der Waals surface area contributed by atoms with Crippen LogP contribution >= 0.6 is 0 Å². The minimum Gasteiger partial charge on any atom is -1.00 e. The summed E-state index contributed by atoms with van der Waals surface area (Å²) < 4.78 is 0. The van der Waals surface area contributed by atoms with Crippen LogP contribution in [0, 0.1) is 0 Å². The molecule has 0 atom stereocenters. The number of carboxylic acid groups (broad SMARTS) is 3. The van der Waals surface area contributed by atoms with E-state index in [0.29, 0.717) is 0 Å². The van der Waals surface area contributed by atoms with E-state index in [2.05, 4.69) is 0 Å². The number of rotatable bonds is 5. The smallest absolute Gasteiger partial charge is 1.00 e. The molecule has 0 fully saturated rings. The summed E-state index contributed by atoms with van der Waals surface area (Å²) in [6.45, 7) is 0. The Kier molecular flexibility index (Phi) is 38.4. The van der Waals surface area contributed by atoms with Crippen LogP contribution in [-0.2, 0) is 14.4 Å². The number of hydrogen-bond donors (Lipinski definition) is 1. The zero-order valence-corrected chi connectivity index (χ0v) is 21.3. The van der Waals surface area contributed by atoms with Crippen molar-refractivity contribution >= 4 is 17.9 Å². The summed E-state index contributed by atoms with van der Waals surface area (Å²) in [4.78, 5) is 30.0. The molecule has 0 unspecified atom stereocenters. The maximum absolute atomic E-state index is 10.1. The second-order valence-corrected chi connectivity index (χ2v) is 2.42. The third-order valence-electron chi connectivity index (χ3n) is 1.25. The normalized spacial score (nSPS) is 7.83. The molecule has 0 rings (SSSR count). The second-order valence-electron chi connectivity index (χ2n) is 2.42. The Labute approximate surface area is 217 Å². The van der Waals surface area contributed by atoms with E-state index in [1.807, 2.05) is 0 Å². The van der Waals surface area contributed by atoms with Gasteiger partial charge in [0.1, 0.15) is 5.60 Å². The largest absolute Gasteiger partial charge is 1.00 e. The predicted molar refractivity (Wildman–Crippen MR) is 31.4 cm³/mol. The van der Waals surface area contributed by atoms with Crippen molar-refractivity contribution in [3.63, 3.8) is 0 Å². The summed E-state index contributed by atoms with van der Waals surface area (Å²) in [6.07, 6.45) is -2.72. The molecule has 0 saturated heterocycles. The van der Waals surface area contributed by atoms with Crippen molar-refractivity contribution in [2.75, 3.05) is 0 Å². The molecule has 0 aliphatic carbocycles. The van der Waals surface area contributed by atoms with Crippen LogP contribution in [0.15, 0.2) is 0 Å². The van der Waals surface area contributed by atoms with Crippen molar-refractivity contribution in [1.82, 2.24) is 0 Å². The molecule has 0 aliphatic rings. The molecule has 0 aromatic rings. The summed E-state index contributed by atoms with van der Waals surface area (Å²) in [6, 6.07) is 0. The van der Waals surface area contributed by atoms with Gasteiger partial charge < -0.3 is 37.7 Å². The average Bonchev–Trinajstić information content (AvgIpc) is 1.82. The van der Waals surface area contributed by atoms with Gasteiger partial charge in [-0.2, -0.15) is 0 Å². The van der Waals surface area contributed by atoms with Gasteiger partial charge in [-0.05, 0) is 0 Å². The first-order chi connectivity index (χ1) is 5.78. The summed E-state index contributed by atoms with van der Waals surface area (Å²) in [5.41, 5.74) is -2.97. The quantitative estimate of drug-likeness (QED) is 0.497. The zero-order chi connectivity index (χ0) is 10.6. The Hall–Kier alpha value is 3.37. The summed E-state index contributed by atoms with van der Waals surface area (Å²) in [7, 11) is 0. The maximum Gasteiger partial charge on any atom is 1.00 e. The first-order valence-electron chi connectivity index (χ1n) is 3.11. The van der Waals surface area contributed by atoms with Gasteiger partial charge in [0.05, 0.1) is 5.97 Å². The molecule has 0 saturated carbocycles. The van der Waals surface area contributed by atoms with Gasteiger partial charge >= 0.3 is 148 Å². The van der Waals surface area contributed by atoms with E-state index in [4.69, 9.17) is 5.11 Å². The monoisotopic (exact) mass is 306 g/mol. The van der Waals surface area contributed by atoms with Crippen LogP contribution in [0.5, 0.6) is 0 Å². The van der Waals surface area contributed by atoms with E-state index in [1.165, 1.54) is 0 Å². The van der Waals surface area contributed by atoms with E-state index in [9.17, 15) is 29.7 Å². The fourth-order valence-electron chi connectivity index (χ4n) is 0.684. The van der Waals surface area contributed by atoms with Crippen molar-refractivity contribution in [2.24, 2.45) is 0 Å². The SMILES string of the molecule is O=C([O-])CC(O)(CC(=O)[O-])C(=O)[O-].[H-].[H-].[Na+].[Na+].[Na+].[Na+].[Na+]. The zero-order valence-electron chi connectivity index (χ0n) is 13.3. The number of carbonyl (C=O) groups excluding carboxylic acids is 3. The van der Waals surface area contributed by atoms with Gasteiger partial charge in [0.2, 0.25) is 0 Å². The molecule has 1 N–H and O–H groups in total. The van der Waals surface area contributed by atoms with Crippen LogP contribution in [0.3, 0.4) is 0 Å². The molecule has 0 aliphatic heterocycles. The minimum atomic E-state index is -2.97. The minimum absolute atomic E-state index is 0. The van der Waals surface area contributed by atoms with E-state index >= 15 is 0 Å². The number of aliphatic hydroxyl groups is 1. The second kappa shape index (κ2) is 18.4. The van der Waals surface area contributed by atoms with Gasteiger partial charge in [-0.1, -0.05) is 0 Å². The predicted octanol–water partition coefficient (Wildman–Crippen LogP) is -20.0. The first-order valence-corrected chi connectivity index (χ1v) is 3.11. The Morgan fingerprint density at radius 2 is 1.06 bits per heavy atom. The van der Waals surface area contributed by atoms with Crippen molar-refractivity contribution < 1.29 is 185 Å². The molecule has 7 nitrogen and oxygen atoms in total. The Morgan fingerprint density at radius 3 is 1.17 bits per heavy atom. The van der Waals surface area contributed by atoms with Gasteiger partial charge in [0, 0.05) is 24.8 Å². The molecule has 0 amide bonds. The van der Waals surface area contributed by atoms with Crippen LogP contribution < -0.4 is 163 Å². The van der Waals surface area contributed by atoms with Crippen molar-refractivity contribution in [2.45, 2.75) is 18.4 Å². The van der Waals surface area contributed by atoms with Crippen LogP contribution in [0.1, 0.15) is 15.7 Å². The van der Waals surface area contributed by atoms with Gasteiger partial charge in [-0.15, -0.1) is 0 Å². The topological polar surface area (TPSA) is 141 Å². The molecule has 0 radical (unpaired) electrons.